The molecule has 3 heteroatoms. The summed E-state index contributed by atoms with van der Waals surface area (Å²) in [7, 11) is 0. The Balaban J connectivity index is 1.64. The van der Waals surface area contributed by atoms with Gasteiger partial charge in [0.05, 0.1) is 22.8 Å². The predicted molar refractivity (Wildman–Crippen MR) is 142 cm³/mol. The van der Waals surface area contributed by atoms with E-state index in [1.165, 1.54) is 11.1 Å². The number of aromatic nitrogens is 1. The summed E-state index contributed by atoms with van der Waals surface area (Å²) in [6.07, 6.45) is 1.05. The number of para-hydroxylation sites is 1. The number of amides is 1. The molecule has 0 fully saturated rings. The van der Waals surface area contributed by atoms with Gasteiger partial charge in [0, 0.05) is 10.9 Å². The van der Waals surface area contributed by atoms with Crippen molar-refractivity contribution in [1.29, 1.82) is 0 Å². The molecule has 174 valence electrons. The minimum absolute atomic E-state index is 0.0864. The van der Waals surface area contributed by atoms with Gasteiger partial charge >= 0.3 is 0 Å². The van der Waals surface area contributed by atoms with Gasteiger partial charge in [0.25, 0.3) is 5.91 Å². The van der Waals surface area contributed by atoms with Gasteiger partial charge in [0.1, 0.15) is 0 Å². The average molecular weight is 451 g/mol. The van der Waals surface area contributed by atoms with Crippen molar-refractivity contribution >= 4 is 16.8 Å². The maximum absolute atomic E-state index is 13.4. The predicted octanol–water partition coefficient (Wildman–Crippen LogP) is 7.71. The number of fused-ring (bicyclic) bond motifs is 1. The van der Waals surface area contributed by atoms with Crippen LogP contribution in [-0.2, 0) is 6.42 Å². The summed E-state index contributed by atoms with van der Waals surface area (Å²) < 4.78 is 0. The third-order valence-electron chi connectivity index (χ3n) is 6.31. The summed E-state index contributed by atoms with van der Waals surface area (Å²) in [4.78, 5) is 18.3. The molecule has 4 aromatic rings. The van der Waals surface area contributed by atoms with E-state index in [0.29, 0.717) is 17.4 Å². The Morgan fingerprint density at radius 1 is 0.824 bits per heavy atom. The van der Waals surface area contributed by atoms with Gasteiger partial charge in [-0.25, -0.2) is 4.98 Å². The Morgan fingerprint density at radius 3 is 2.12 bits per heavy atom. The SMILES string of the molecule is CC(C)Cc1ccc(-c2cc(C(=O)NC(C)c3ccc(C(C)C)cc3)c3ccccc3n2)cc1. The van der Waals surface area contributed by atoms with Crippen LogP contribution in [0.4, 0.5) is 0 Å². The highest BCUT2D eigenvalue weighted by Crippen LogP contribution is 2.26. The van der Waals surface area contributed by atoms with Gasteiger partial charge in [-0.15, -0.1) is 0 Å². The van der Waals surface area contributed by atoms with E-state index in [1.54, 1.807) is 0 Å². The molecule has 4 rings (SSSR count). The zero-order chi connectivity index (χ0) is 24.2. The van der Waals surface area contributed by atoms with E-state index in [9.17, 15) is 4.79 Å². The summed E-state index contributed by atoms with van der Waals surface area (Å²) in [5, 5.41) is 4.06. The minimum Gasteiger partial charge on any atom is -0.345 e. The number of hydrogen-bond acceptors (Lipinski definition) is 2. The summed E-state index contributed by atoms with van der Waals surface area (Å²) in [5.41, 5.74) is 7.01. The van der Waals surface area contributed by atoms with E-state index in [-0.39, 0.29) is 11.9 Å². The van der Waals surface area contributed by atoms with Gasteiger partial charge < -0.3 is 5.32 Å². The first-order valence-corrected chi connectivity index (χ1v) is 12.2. The molecule has 3 nitrogen and oxygen atoms in total. The van der Waals surface area contributed by atoms with E-state index in [4.69, 9.17) is 4.98 Å². The Kier molecular flexibility index (Phi) is 7.12. The first kappa shape index (κ1) is 23.7. The van der Waals surface area contributed by atoms with Crippen LogP contribution in [0.2, 0.25) is 0 Å². The van der Waals surface area contributed by atoms with Crippen molar-refractivity contribution in [2.75, 3.05) is 0 Å². The second kappa shape index (κ2) is 10.2. The first-order chi connectivity index (χ1) is 16.3. The summed E-state index contributed by atoms with van der Waals surface area (Å²) in [6.45, 7) is 10.8. The number of carbonyl (C=O) groups is 1. The van der Waals surface area contributed by atoms with Crippen LogP contribution >= 0.6 is 0 Å². The van der Waals surface area contributed by atoms with Gasteiger partial charge in [0.2, 0.25) is 0 Å². The molecule has 1 atom stereocenters. The maximum Gasteiger partial charge on any atom is 0.252 e. The molecule has 0 saturated carbocycles. The zero-order valence-electron chi connectivity index (χ0n) is 20.8. The van der Waals surface area contributed by atoms with Crippen LogP contribution in [0.5, 0.6) is 0 Å². The lowest BCUT2D eigenvalue weighted by Crippen LogP contribution is -2.27. The Bertz CT molecular complexity index is 1270. The molecule has 0 bridgehead atoms. The number of carbonyl (C=O) groups excluding carboxylic acids is 1. The molecular formula is C31H34N2O. The normalized spacial score (nSPS) is 12.3. The summed E-state index contributed by atoms with van der Waals surface area (Å²) >= 11 is 0. The highest BCUT2D eigenvalue weighted by atomic mass is 16.1. The summed E-state index contributed by atoms with van der Waals surface area (Å²) in [6, 6.07) is 26.7. The van der Waals surface area contributed by atoms with Gasteiger partial charge in [-0.3, -0.25) is 4.79 Å². The third kappa shape index (κ3) is 5.36. The molecule has 1 amide bonds. The van der Waals surface area contributed by atoms with Gasteiger partial charge in [0.15, 0.2) is 0 Å². The van der Waals surface area contributed by atoms with Gasteiger partial charge in [-0.2, -0.15) is 0 Å². The number of nitrogens with one attached hydrogen (secondary N) is 1. The zero-order valence-corrected chi connectivity index (χ0v) is 20.8. The number of rotatable bonds is 7. The topological polar surface area (TPSA) is 42.0 Å². The molecule has 0 spiro atoms. The van der Waals surface area contributed by atoms with Crippen molar-refractivity contribution in [2.24, 2.45) is 5.92 Å². The third-order valence-corrected chi connectivity index (χ3v) is 6.31. The van der Waals surface area contributed by atoms with Crippen LogP contribution in [0.25, 0.3) is 22.2 Å². The fraction of sp³-hybridized carbons (Fsp3) is 0.290. The lowest BCUT2D eigenvalue weighted by molar-refractivity contribution is 0.0941. The highest BCUT2D eigenvalue weighted by Gasteiger charge is 2.17. The highest BCUT2D eigenvalue weighted by molar-refractivity contribution is 6.07. The molecule has 0 aliphatic heterocycles. The van der Waals surface area contributed by atoms with E-state index < -0.39 is 0 Å². The van der Waals surface area contributed by atoms with Crippen LogP contribution in [0.15, 0.2) is 78.9 Å². The minimum atomic E-state index is -0.0978. The number of pyridine rings is 1. The second-order valence-corrected chi connectivity index (χ2v) is 9.88. The molecule has 0 radical (unpaired) electrons. The molecule has 34 heavy (non-hydrogen) atoms. The molecule has 0 aliphatic carbocycles. The van der Waals surface area contributed by atoms with E-state index in [1.807, 2.05) is 37.3 Å². The summed E-state index contributed by atoms with van der Waals surface area (Å²) in [5.74, 6) is 1.01. The quantitative estimate of drug-likeness (QED) is 0.313. The molecule has 0 saturated heterocycles. The first-order valence-electron chi connectivity index (χ1n) is 12.2. The largest absolute Gasteiger partial charge is 0.345 e. The maximum atomic E-state index is 13.4. The Morgan fingerprint density at radius 2 is 1.47 bits per heavy atom. The average Bonchev–Trinajstić information content (AvgIpc) is 2.83. The Labute approximate surface area is 203 Å². The molecule has 1 heterocycles. The molecule has 0 aliphatic rings. The van der Waals surface area contributed by atoms with E-state index in [2.05, 4.69) is 81.5 Å². The fourth-order valence-electron chi connectivity index (χ4n) is 4.32. The van der Waals surface area contributed by atoms with Crippen LogP contribution in [-0.4, -0.2) is 10.9 Å². The van der Waals surface area contributed by atoms with Gasteiger partial charge in [-0.1, -0.05) is 94.4 Å². The van der Waals surface area contributed by atoms with Crippen molar-refractivity contribution in [1.82, 2.24) is 10.3 Å². The molecule has 1 aromatic heterocycles. The van der Waals surface area contributed by atoms with Crippen molar-refractivity contribution in [3.05, 3.63) is 101 Å². The van der Waals surface area contributed by atoms with Crippen molar-refractivity contribution in [3.63, 3.8) is 0 Å². The van der Waals surface area contributed by atoms with Crippen LogP contribution in [0.3, 0.4) is 0 Å². The lowest BCUT2D eigenvalue weighted by atomic mass is 9.98. The molecule has 1 unspecified atom stereocenters. The smallest absolute Gasteiger partial charge is 0.252 e. The number of benzene rings is 3. The van der Waals surface area contributed by atoms with Crippen molar-refractivity contribution < 1.29 is 4.79 Å². The fourth-order valence-corrected chi connectivity index (χ4v) is 4.32. The number of nitrogens with zero attached hydrogens (tertiary/aromatic N) is 1. The van der Waals surface area contributed by atoms with E-state index in [0.717, 1.165) is 34.1 Å². The Hall–Kier alpha value is -3.46. The van der Waals surface area contributed by atoms with Crippen molar-refractivity contribution in [2.45, 2.75) is 53.0 Å². The second-order valence-electron chi connectivity index (χ2n) is 9.88. The molecule has 3 aromatic carbocycles. The van der Waals surface area contributed by atoms with Crippen LogP contribution < -0.4 is 5.32 Å². The standard InChI is InChI=1S/C31H34N2O/c1-20(2)18-23-10-12-26(13-11-23)30-19-28(27-8-6-7-9-29(27)33-30)31(34)32-22(5)25-16-14-24(15-17-25)21(3)4/h6-17,19-22H,18H2,1-5H3,(H,32,34). The van der Waals surface area contributed by atoms with Crippen molar-refractivity contribution in [3.8, 4) is 11.3 Å². The number of hydrogen-bond donors (Lipinski definition) is 1. The lowest BCUT2D eigenvalue weighted by Gasteiger charge is -2.17. The van der Waals surface area contributed by atoms with Crippen LogP contribution in [0, 0.1) is 5.92 Å². The van der Waals surface area contributed by atoms with Gasteiger partial charge in [-0.05, 0) is 54.0 Å². The molecule has 1 N–H and O–H groups in total. The monoisotopic (exact) mass is 450 g/mol. The molecular weight excluding hydrogens is 416 g/mol. The van der Waals surface area contributed by atoms with E-state index >= 15 is 0 Å². The van der Waals surface area contributed by atoms with Crippen LogP contribution in [0.1, 0.15) is 73.6 Å².